The Morgan fingerprint density at radius 3 is 2.89 bits per heavy atom. The quantitative estimate of drug-likeness (QED) is 0.885. The van der Waals surface area contributed by atoms with Gasteiger partial charge in [-0.15, -0.1) is 11.3 Å². The molecule has 1 aliphatic rings. The van der Waals surface area contributed by atoms with Crippen LogP contribution in [0, 0.1) is 0 Å². The largest absolute Gasteiger partial charge is 0.396 e. The molecule has 3 N–H and O–H groups in total. The zero-order chi connectivity index (χ0) is 13.2. The van der Waals surface area contributed by atoms with Crippen molar-refractivity contribution in [2.75, 3.05) is 5.73 Å². The van der Waals surface area contributed by atoms with E-state index in [1.54, 1.807) is 6.20 Å². The van der Waals surface area contributed by atoms with Crippen LogP contribution in [0.2, 0.25) is 0 Å². The van der Waals surface area contributed by atoms with Crippen LogP contribution in [0.1, 0.15) is 41.8 Å². The van der Waals surface area contributed by atoms with Gasteiger partial charge >= 0.3 is 0 Å². The van der Waals surface area contributed by atoms with E-state index >= 15 is 0 Å². The first-order chi connectivity index (χ1) is 9.25. The predicted molar refractivity (Wildman–Crippen MR) is 78.4 cm³/mol. The Kier molecular flexibility index (Phi) is 3.38. The molecule has 0 spiro atoms. The molecule has 1 amide bonds. The molecule has 4 nitrogen and oxygen atoms in total. The summed E-state index contributed by atoms with van der Waals surface area (Å²) in [5.41, 5.74) is 7.28. The van der Waals surface area contributed by atoms with Crippen LogP contribution in [-0.2, 0) is 0 Å². The third-order valence-corrected chi connectivity index (χ3v) is 4.79. The minimum absolute atomic E-state index is 0.0487. The maximum atomic E-state index is 12.3. The summed E-state index contributed by atoms with van der Waals surface area (Å²) in [6, 6.07) is 4.11. The van der Waals surface area contributed by atoms with Crippen molar-refractivity contribution >= 4 is 33.1 Å². The van der Waals surface area contributed by atoms with E-state index < -0.39 is 0 Å². The fourth-order valence-corrected chi connectivity index (χ4v) is 3.60. The van der Waals surface area contributed by atoms with E-state index in [4.69, 9.17) is 5.73 Å². The number of carbonyl (C=O) groups is 1. The van der Waals surface area contributed by atoms with Crippen LogP contribution in [0.15, 0.2) is 18.3 Å². The van der Waals surface area contributed by atoms with E-state index in [1.807, 2.05) is 12.1 Å². The highest BCUT2D eigenvalue weighted by molar-refractivity contribution is 7.21. The van der Waals surface area contributed by atoms with Crippen LogP contribution in [0.5, 0.6) is 0 Å². The van der Waals surface area contributed by atoms with Gasteiger partial charge in [-0.05, 0) is 25.0 Å². The summed E-state index contributed by atoms with van der Waals surface area (Å²) in [4.78, 5) is 17.1. The summed E-state index contributed by atoms with van der Waals surface area (Å²) in [5, 5.41) is 3.10. The van der Waals surface area contributed by atoms with Gasteiger partial charge in [-0.2, -0.15) is 0 Å². The van der Waals surface area contributed by atoms with Crippen molar-refractivity contribution in [2.45, 2.75) is 38.1 Å². The van der Waals surface area contributed by atoms with Crippen LogP contribution in [0.4, 0.5) is 5.69 Å². The molecule has 1 saturated carbocycles. The summed E-state index contributed by atoms with van der Waals surface area (Å²) in [5.74, 6) is -0.0487. The van der Waals surface area contributed by atoms with Crippen molar-refractivity contribution in [2.24, 2.45) is 0 Å². The highest BCUT2D eigenvalue weighted by Crippen LogP contribution is 2.32. The molecule has 0 bridgehead atoms. The number of anilines is 1. The molecule has 2 aromatic heterocycles. The third-order valence-electron chi connectivity index (χ3n) is 3.63. The van der Waals surface area contributed by atoms with Crippen molar-refractivity contribution in [1.82, 2.24) is 10.3 Å². The molecule has 0 aromatic carbocycles. The molecule has 0 aliphatic heterocycles. The molecule has 5 heteroatoms. The first-order valence-corrected chi connectivity index (χ1v) is 7.51. The van der Waals surface area contributed by atoms with Gasteiger partial charge in [-0.25, -0.2) is 0 Å². The molecule has 0 saturated heterocycles. The molecule has 1 fully saturated rings. The van der Waals surface area contributed by atoms with Crippen molar-refractivity contribution < 1.29 is 4.79 Å². The number of hydrogen-bond acceptors (Lipinski definition) is 4. The van der Waals surface area contributed by atoms with Crippen LogP contribution in [-0.4, -0.2) is 16.9 Å². The molecule has 2 aromatic rings. The lowest BCUT2D eigenvalue weighted by Gasteiger charge is -2.22. The topological polar surface area (TPSA) is 68.0 Å². The SMILES string of the molecule is Nc1c(C(=O)NC2CCCCC2)sc2cccnc12. The number of aromatic nitrogens is 1. The second-order valence-corrected chi connectivity index (χ2v) is 6.06. The Morgan fingerprint density at radius 1 is 1.37 bits per heavy atom. The number of nitrogens with two attached hydrogens (primary N) is 1. The molecule has 100 valence electrons. The Labute approximate surface area is 116 Å². The molecule has 3 rings (SSSR count). The molecular formula is C14H17N3OS. The van der Waals surface area contributed by atoms with Crippen molar-refractivity contribution in [3.8, 4) is 0 Å². The normalized spacial score (nSPS) is 16.6. The van der Waals surface area contributed by atoms with E-state index in [9.17, 15) is 4.79 Å². The fraction of sp³-hybridized carbons (Fsp3) is 0.429. The second kappa shape index (κ2) is 5.17. The summed E-state index contributed by atoms with van der Waals surface area (Å²) in [7, 11) is 0. The number of hydrogen-bond donors (Lipinski definition) is 2. The fourth-order valence-electron chi connectivity index (χ4n) is 2.61. The number of carbonyl (C=O) groups excluding carboxylic acids is 1. The van der Waals surface area contributed by atoms with Crippen LogP contribution >= 0.6 is 11.3 Å². The maximum Gasteiger partial charge on any atom is 0.263 e. The second-order valence-electron chi connectivity index (χ2n) is 5.00. The van der Waals surface area contributed by atoms with Crippen molar-refractivity contribution in [3.05, 3.63) is 23.2 Å². The summed E-state index contributed by atoms with van der Waals surface area (Å²) < 4.78 is 0.966. The molecule has 1 aliphatic carbocycles. The first kappa shape index (κ1) is 12.4. The lowest BCUT2D eigenvalue weighted by molar-refractivity contribution is 0.0932. The van der Waals surface area contributed by atoms with Gasteiger partial charge < -0.3 is 11.1 Å². The van der Waals surface area contributed by atoms with E-state index in [0.717, 1.165) is 23.1 Å². The smallest absolute Gasteiger partial charge is 0.263 e. The van der Waals surface area contributed by atoms with E-state index in [1.165, 1.54) is 30.6 Å². The summed E-state index contributed by atoms with van der Waals surface area (Å²) in [6.07, 6.45) is 7.54. The monoisotopic (exact) mass is 275 g/mol. The number of rotatable bonds is 2. The van der Waals surface area contributed by atoms with Gasteiger partial charge in [0, 0.05) is 12.2 Å². The zero-order valence-electron chi connectivity index (χ0n) is 10.7. The predicted octanol–water partition coefficient (Wildman–Crippen LogP) is 2.94. The number of thiophene rings is 1. The Balaban J connectivity index is 1.83. The van der Waals surface area contributed by atoms with Gasteiger partial charge in [0.15, 0.2) is 0 Å². The molecule has 0 radical (unpaired) electrons. The number of amides is 1. The number of fused-ring (bicyclic) bond motifs is 1. The van der Waals surface area contributed by atoms with Crippen LogP contribution < -0.4 is 11.1 Å². The third kappa shape index (κ3) is 2.42. The Hall–Kier alpha value is -1.62. The lowest BCUT2D eigenvalue weighted by Crippen LogP contribution is -2.36. The minimum Gasteiger partial charge on any atom is -0.396 e. The molecule has 0 atom stereocenters. The highest BCUT2D eigenvalue weighted by Gasteiger charge is 2.21. The summed E-state index contributed by atoms with van der Waals surface area (Å²) >= 11 is 1.42. The zero-order valence-corrected chi connectivity index (χ0v) is 11.5. The minimum atomic E-state index is -0.0487. The van der Waals surface area contributed by atoms with Gasteiger partial charge in [0.2, 0.25) is 0 Å². The first-order valence-electron chi connectivity index (χ1n) is 6.69. The highest BCUT2D eigenvalue weighted by atomic mass is 32.1. The number of pyridine rings is 1. The Bertz CT molecular complexity index is 602. The van der Waals surface area contributed by atoms with E-state index in [-0.39, 0.29) is 5.91 Å². The summed E-state index contributed by atoms with van der Waals surface area (Å²) in [6.45, 7) is 0. The average molecular weight is 275 g/mol. The van der Waals surface area contributed by atoms with Crippen LogP contribution in [0.25, 0.3) is 10.2 Å². The van der Waals surface area contributed by atoms with Gasteiger partial charge in [0.05, 0.1) is 10.4 Å². The maximum absolute atomic E-state index is 12.3. The van der Waals surface area contributed by atoms with Gasteiger partial charge in [-0.3, -0.25) is 9.78 Å². The number of nitrogens with zero attached hydrogens (tertiary/aromatic N) is 1. The Morgan fingerprint density at radius 2 is 2.16 bits per heavy atom. The number of nitrogen functional groups attached to an aromatic ring is 1. The molecule has 2 heterocycles. The van der Waals surface area contributed by atoms with Crippen molar-refractivity contribution in [1.29, 1.82) is 0 Å². The lowest BCUT2D eigenvalue weighted by atomic mass is 9.95. The van der Waals surface area contributed by atoms with Crippen LogP contribution in [0.3, 0.4) is 0 Å². The van der Waals surface area contributed by atoms with Gasteiger partial charge in [0.25, 0.3) is 5.91 Å². The van der Waals surface area contributed by atoms with Gasteiger partial charge in [-0.1, -0.05) is 19.3 Å². The van der Waals surface area contributed by atoms with Gasteiger partial charge in [0.1, 0.15) is 10.4 Å². The molecule has 19 heavy (non-hydrogen) atoms. The number of nitrogens with one attached hydrogen (secondary N) is 1. The van der Waals surface area contributed by atoms with E-state index in [2.05, 4.69) is 10.3 Å². The molecular weight excluding hydrogens is 258 g/mol. The molecule has 0 unspecified atom stereocenters. The van der Waals surface area contributed by atoms with Crippen molar-refractivity contribution in [3.63, 3.8) is 0 Å². The van der Waals surface area contributed by atoms with E-state index in [0.29, 0.717) is 16.6 Å². The standard InChI is InChI=1S/C14H17N3OS/c15-11-12-10(7-4-8-16-12)19-13(11)14(18)17-9-5-2-1-3-6-9/h4,7-9H,1-3,5-6,15H2,(H,17,18). The average Bonchev–Trinajstić information content (AvgIpc) is 2.78.